The van der Waals surface area contributed by atoms with Gasteiger partial charge in [-0.25, -0.2) is 0 Å². The maximum Gasteiger partial charge on any atom is 0.178 e. The highest BCUT2D eigenvalue weighted by Gasteiger charge is 2.09. The Morgan fingerprint density at radius 3 is 2.33 bits per heavy atom. The predicted octanol–water partition coefficient (Wildman–Crippen LogP) is 9.52. The fourth-order valence-electron chi connectivity index (χ4n) is 3.58. The Morgan fingerprint density at radius 1 is 1.19 bits per heavy atom. The summed E-state index contributed by atoms with van der Waals surface area (Å²) in [7, 11) is 0. The van der Waals surface area contributed by atoms with Gasteiger partial charge in [0.15, 0.2) is 5.84 Å². The molecular weight excluding hydrogens is 438 g/mol. The summed E-state index contributed by atoms with van der Waals surface area (Å²) >= 11 is 0. The highest BCUT2D eigenvalue weighted by Crippen LogP contribution is 2.23. The summed E-state index contributed by atoms with van der Waals surface area (Å²) in [6.07, 6.45) is 17.6. The molecule has 36 heavy (non-hydrogen) atoms. The minimum atomic E-state index is 0.166. The number of anilines is 1. The first kappa shape index (κ1) is 35.6. The van der Waals surface area contributed by atoms with Crippen molar-refractivity contribution in [3.8, 4) is 12.3 Å². The van der Waals surface area contributed by atoms with Crippen molar-refractivity contribution in [3.63, 3.8) is 0 Å². The molecule has 0 amide bonds. The third-order valence-electron chi connectivity index (χ3n) is 5.75. The van der Waals surface area contributed by atoms with Gasteiger partial charge >= 0.3 is 0 Å². The highest BCUT2D eigenvalue weighted by molar-refractivity contribution is 6.08. The molecule has 0 aliphatic rings. The second-order valence-electron chi connectivity index (χ2n) is 9.22. The summed E-state index contributed by atoms with van der Waals surface area (Å²) in [5.74, 6) is 3.85. The predicted molar refractivity (Wildman–Crippen MR) is 168 cm³/mol. The van der Waals surface area contributed by atoms with Crippen molar-refractivity contribution in [2.75, 3.05) is 11.9 Å². The number of unbranched alkanes of at least 4 members (excludes halogenated alkanes) is 1. The maximum absolute atomic E-state index is 6.28. The first-order valence-corrected chi connectivity index (χ1v) is 13.8. The quantitative estimate of drug-likeness (QED) is 0.124. The van der Waals surface area contributed by atoms with Crippen LogP contribution in [-0.4, -0.2) is 18.4 Å². The molecule has 0 fully saturated rings. The van der Waals surface area contributed by atoms with Crippen molar-refractivity contribution in [2.45, 2.75) is 106 Å². The smallest absolute Gasteiger partial charge is 0.178 e. The lowest BCUT2D eigenvalue weighted by Gasteiger charge is -2.16. The number of rotatable bonds is 13. The lowest BCUT2D eigenvalue weighted by atomic mass is 9.95. The van der Waals surface area contributed by atoms with Crippen LogP contribution in [0.15, 0.2) is 48.0 Å². The number of hydrogen-bond donors (Lipinski definition) is 2. The van der Waals surface area contributed by atoms with Crippen molar-refractivity contribution in [1.82, 2.24) is 0 Å². The molecule has 2 unspecified atom stereocenters. The van der Waals surface area contributed by atoms with Crippen LogP contribution >= 0.6 is 0 Å². The number of aliphatic imine (C=N–C) groups is 1. The zero-order valence-corrected chi connectivity index (χ0v) is 24.7. The van der Waals surface area contributed by atoms with Crippen molar-refractivity contribution in [2.24, 2.45) is 16.6 Å². The molecule has 0 saturated heterocycles. The van der Waals surface area contributed by atoms with Crippen LogP contribution in [0.1, 0.15) is 111 Å². The molecule has 0 aliphatic carbocycles. The Morgan fingerprint density at radius 2 is 1.86 bits per heavy atom. The van der Waals surface area contributed by atoms with Crippen molar-refractivity contribution >= 4 is 23.2 Å². The Balaban J connectivity index is 0. The van der Waals surface area contributed by atoms with E-state index in [1.165, 1.54) is 43.3 Å². The minimum Gasteiger partial charge on any atom is -0.333 e. The molecule has 1 rings (SSSR count). The molecule has 1 aromatic rings. The van der Waals surface area contributed by atoms with Crippen LogP contribution in [0.25, 0.3) is 11.6 Å². The zero-order chi connectivity index (χ0) is 27.9. The summed E-state index contributed by atoms with van der Waals surface area (Å²) in [6, 6.07) is 6.38. The van der Waals surface area contributed by atoms with Crippen LogP contribution in [0.3, 0.4) is 0 Å². The molecule has 0 spiro atoms. The molecule has 0 saturated carbocycles. The molecular formula is C33H55N3. The van der Waals surface area contributed by atoms with Crippen LogP contribution in [0.2, 0.25) is 0 Å². The Bertz CT molecular complexity index is 839. The first-order chi connectivity index (χ1) is 17.2. The Labute approximate surface area is 224 Å². The molecule has 3 heteroatoms. The SMILES string of the molecule is C#CC(=NCCC(N)CC(C)CCCC)Nc1cc(/C(C)=C/C)ccc1C=C.C=C(C)CCC.CC. The van der Waals surface area contributed by atoms with Gasteiger partial charge in [-0.05, 0) is 74.6 Å². The number of nitrogens with one attached hydrogen (secondary N) is 1. The lowest BCUT2D eigenvalue weighted by Crippen LogP contribution is -2.24. The van der Waals surface area contributed by atoms with Gasteiger partial charge in [0.25, 0.3) is 0 Å². The van der Waals surface area contributed by atoms with Gasteiger partial charge in [0.05, 0.1) is 0 Å². The van der Waals surface area contributed by atoms with Gasteiger partial charge < -0.3 is 11.1 Å². The average molecular weight is 494 g/mol. The Kier molecular flexibility index (Phi) is 22.6. The van der Waals surface area contributed by atoms with Crippen molar-refractivity contribution in [3.05, 3.63) is 54.1 Å². The van der Waals surface area contributed by atoms with E-state index in [0.29, 0.717) is 18.3 Å². The van der Waals surface area contributed by atoms with Crippen LogP contribution in [0.4, 0.5) is 5.69 Å². The normalized spacial score (nSPS) is 12.7. The number of benzene rings is 1. The summed E-state index contributed by atoms with van der Waals surface area (Å²) < 4.78 is 0. The molecule has 0 radical (unpaired) electrons. The van der Waals surface area contributed by atoms with E-state index in [2.05, 4.69) is 82.2 Å². The molecule has 3 N–H and O–H groups in total. The van der Waals surface area contributed by atoms with Crippen molar-refractivity contribution < 1.29 is 0 Å². The van der Waals surface area contributed by atoms with E-state index in [1.54, 1.807) is 0 Å². The zero-order valence-electron chi connectivity index (χ0n) is 24.7. The van der Waals surface area contributed by atoms with Gasteiger partial charge in [0.1, 0.15) is 0 Å². The molecule has 1 aromatic carbocycles. The van der Waals surface area contributed by atoms with Crippen LogP contribution in [-0.2, 0) is 0 Å². The molecule has 0 bridgehead atoms. The molecule has 0 heterocycles. The summed E-state index contributed by atoms with van der Waals surface area (Å²) in [4.78, 5) is 4.56. The largest absolute Gasteiger partial charge is 0.333 e. The van der Waals surface area contributed by atoms with E-state index in [-0.39, 0.29) is 6.04 Å². The summed E-state index contributed by atoms with van der Waals surface area (Å²) in [6.45, 7) is 25.1. The topological polar surface area (TPSA) is 50.4 Å². The number of terminal acetylenes is 1. The van der Waals surface area contributed by atoms with Crippen LogP contribution in [0, 0.1) is 18.3 Å². The second kappa shape index (κ2) is 22.9. The second-order valence-corrected chi connectivity index (χ2v) is 9.22. The average Bonchev–Trinajstić information content (AvgIpc) is 2.87. The summed E-state index contributed by atoms with van der Waals surface area (Å²) in [5.41, 5.74) is 11.8. The van der Waals surface area contributed by atoms with Crippen LogP contribution < -0.4 is 11.1 Å². The van der Waals surface area contributed by atoms with Gasteiger partial charge in [-0.1, -0.05) is 96.7 Å². The molecule has 202 valence electrons. The number of amidine groups is 1. The molecule has 2 atom stereocenters. The van der Waals surface area contributed by atoms with Gasteiger partial charge in [0, 0.05) is 18.3 Å². The maximum atomic E-state index is 6.28. The van der Waals surface area contributed by atoms with Gasteiger partial charge in [-0.15, -0.1) is 13.0 Å². The summed E-state index contributed by atoms with van der Waals surface area (Å²) in [5, 5.41) is 3.28. The number of nitrogens with zero attached hydrogens (tertiary/aromatic N) is 1. The van der Waals surface area contributed by atoms with Crippen molar-refractivity contribution in [1.29, 1.82) is 0 Å². The van der Waals surface area contributed by atoms with E-state index >= 15 is 0 Å². The van der Waals surface area contributed by atoms with Gasteiger partial charge in [0.2, 0.25) is 0 Å². The third kappa shape index (κ3) is 17.0. The monoisotopic (exact) mass is 493 g/mol. The standard InChI is InChI=1S/C25H37N3.C6H12.C2H6/c1-7-11-12-19(5)17-23(26)15-16-27-25(10-4)28-24-18-22(20(6)8-2)14-13-21(24)9-3;1-4-5-6(2)3;1-2/h4,8-9,13-14,18-19,23H,3,7,11-12,15-17,26H2,1-2,5-6H3,(H,27,28);2,4-5H2,1,3H3;1-2H3/b20-8+;;. The minimum absolute atomic E-state index is 0.166. The van der Waals surface area contributed by atoms with E-state index in [4.69, 9.17) is 12.2 Å². The molecule has 0 aromatic heterocycles. The number of allylic oxidation sites excluding steroid dienone is 3. The van der Waals surface area contributed by atoms with E-state index in [9.17, 15) is 0 Å². The van der Waals surface area contributed by atoms with Gasteiger partial charge in [-0.2, -0.15) is 0 Å². The van der Waals surface area contributed by atoms with E-state index in [1.807, 2.05) is 32.9 Å². The van der Waals surface area contributed by atoms with Gasteiger partial charge in [-0.3, -0.25) is 4.99 Å². The van der Waals surface area contributed by atoms with E-state index < -0.39 is 0 Å². The Hall–Kier alpha value is -2.57. The van der Waals surface area contributed by atoms with Crippen LogP contribution in [0.5, 0.6) is 0 Å². The van der Waals surface area contributed by atoms with E-state index in [0.717, 1.165) is 29.7 Å². The first-order valence-electron chi connectivity index (χ1n) is 13.8. The lowest BCUT2D eigenvalue weighted by molar-refractivity contribution is 0.414. The number of hydrogen-bond acceptors (Lipinski definition) is 2. The highest BCUT2D eigenvalue weighted by atomic mass is 15.0. The number of nitrogens with two attached hydrogens (primary N) is 1. The fourth-order valence-corrected chi connectivity index (χ4v) is 3.58. The molecule has 0 aliphatic heterocycles. The third-order valence-corrected chi connectivity index (χ3v) is 5.75. The molecule has 3 nitrogen and oxygen atoms in total. The fraction of sp³-hybridized carbons (Fsp3) is 0.545.